The van der Waals surface area contributed by atoms with E-state index in [9.17, 15) is 4.79 Å². The van der Waals surface area contributed by atoms with Crippen molar-refractivity contribution >= 4 is 17.7 Å². The molecule has 1 aliphatic heterocycles. The summed E-state index contributed by atoms with van der Waals surface area (Å²) in [6.07, 6.45) is 2.63. The van der Waals surface area contributed by atoms with Crippen LogP contribution in [0.5, 0.6) is 0 Å². The summed E-state index contributed by atoms with van der Waals surface area (Å²) in [5, 5.41) is 0.584. The maximum absolute atomic E-state index is 12.4. The second-order valence-electron chi connectivity index (χ2n) is 6.27. The number of rotatable bonds is 6. The van der Waals surface area contributed by atoms with Crippen molar-refractivity contribution in [3.8, 4) is 0 Å². The van der Waals surface area contributed by atoms with Gasteiger partial charge in [0.1, 0.15) is 0 Å². The summed E-state index contributed by atoms with van der Waals surface area (Å²) in [7, 11) is 1.75. The SMILES string of the molecule is COCC1CCN(C(=O)Cc2ccc(SC(C)C)cc2)CC1. The third kappa shape index (κ3) is 5.33. The van der Waals surface area contributed by atoms with Crippen LogP contribution in [0, 0.1) is 5.92 Å². The highest BCUT2D eigenvalue weighted by molar-refractivity contribution is 7.99. The lowest BCUT2D eigenvalue weighted by Gasteiger charge is -2.31. The average molecular weight is 321 g/mol. The van der Waals surface area contributed by atoms with E-state index in [0.717, 1.165) is 38.1 Å². The van der Waals surface area contributed by atoms with Gasteiger partial charge in [-0.25, -0.2) is 0 Å². The van der Waals surface area contributed by atoms with E-state index in [0.29, 0.717) is 17.6 Å². The van der Waals surface area contributed by atoms with Gasteiger partial charge in [-0.1, -0.05) is 26.0 Å². The predicted octanol–water partition coefficient (Wildman–Crippen LogP) is 3.61. The molecule has 1 saturated heterocycles. The molecular formula is C18H27NO2S. The van der Waals surface area contributed by atoms with Crippen LogP contribution in [0.15, 0.2) is 29.2 Å². The molecule has 1 fully saturated rings. The van der Waals surface area contributed by atoms with E-state index in [-0.39, 0.29) is 5.91 Å². The minimum atomic E-state index is 0.250. The van der Waals surface area contributed by atoms with Gasteiger partial charge in [0.2, 0.25) is 5.91 Å². The molecule has 0 saturated carbocycles. The van der Waals surface area contributed by atoms with Crippen LogP contribution in [-0.2, 0) is 16.0 Å². The Morgan fingerprint density at radius 2 is 1.91 bits per heavy atom. The van der Waals surface area contributed by atoms with Gasteiger partial charge in [0.25, 0.3) is 0 Å². The van der Waals surface area contributed by atoms with Crippen LogP contribution in [0.2, 0.25) is 0 Å². The molecule has 122 valence electrons. The van der Waals surface area contributed by atoms with Crippen LogP contribution in [0.25, 0.3) is 0 Å². The highest BCUT2D eigenvalue weighted by atomic mass is 32.2. The van der Waals surface area contributed by atoms with Crippen LogP contribution in [0.1, 0.15) is 32.3 Å². The summed E-state index contributed by atoms with van der Waals surface area (Å²) < 4.78 is 5.21. The number of hydrogen-bond donors (Lipinski definition) is 0. The standard InChI is InChI=1S/C18H27NO2S/c1-14(2)22-17-6-4-15(5-7-17)12-18(20)19-10-8-16(9-11-19)13-21-3/h4-7,14,16H,8-13H2,1-3H3. The van der Waals surface area contributed by atoms with Crippen LogP contribution in [-0.4, -0.2) is 42.9 Å². The first-order valence-corrected chi connectivity index (χ1v) is 8.98. The van der Waals surface area contributed by atoms with Crippen molar-refractivity contribution in [2.75, 3.05) is 26.8 Å². The first-order chi connectivity index (χ1) is 10.6. The maximum Gasteiger partial charge on any atom is 0.226 e. The molecule has 0 atom stereocenters. The molecule has 0 aromatic heterocycles. The second kappa shape index (κ2) is 8.59. The number of carbonyl (C=O) groups is 1. The highest BCUT2D eigenvalue weighted by Gasteiger charge is 2.22. The number of ether oxygens (including phenoxy) is 1. The smallest absolute Gasteiger partial charge is 0.226 e. The number of hydrogen-bond acceptors (Lipinski definition) is 3. The lowest BCUT2D eigenvalue weighted by molar-refractivity contribution is -0.132. The minimum Gasteiger partial charge on any atom is -0.384 e. The molecule has 1 amide bonds. The third-order valence-corrected chi connectivity index (χ3v) is 5.04. The highest BCUT2D eigenvalue weighted by Crippen LogP contribution is 2.23. The molecule has 1 aromatic rings. The van der Waals surface area contributed by atoms with Gasteiger partial charge in [-0.05, 0) is 36.5 Å². The fourth-order valence-corrected chi connectivity index (χ4v) is 3.67. The Morgan fingerprint density at radius 1 is 1.27 bits per heavy atom. The van der Waals surface area contributed by atoms with E-state index in [2.05, 4.69) is 38.1 Å². The van der Waals surface area contributed by atoms with Gasteiger partial charge in [0, 0.05) is 37.0 Å². The molecule has 22 heavy (non-hydrogen) atoms. The van der Waals surface area contributed by atoms with E-state index in [1.54, 1.807) is 7.11 Å². The molecule has 4 heteroatoms. The molecule has 0 spiro atoms. The summed E-state index contributed by atoms with van der Waals surface area (Å²) in [6, 6.07) is 8.41. The van der Waals surface area contributed by atoms with Crippen molar-refractivity contribution in [1.82, 2.24) is 4.90 Å². The molecule has 1 heterocycles. The van der Waals surface area contributed by atoms with E-state index in [1.165, 1.54) is 4.90 Å². The Hall–Kier alpha value is -1.00. The van der Waals surface area contributed by atoms with Crippen molar-refractivity contribution in [3.05, 3.63) is 29.8 Å². The number of piperidine rings is 1. The van der Waals surface area contributed by atoms with E-state index >= 15 is 0 Å². The van der Waals surface area contributed by atoms with Gasteiger partial charge in [0.05, 0.1) is 6.42 Å². The van der Waals surface area contributed by atoms with Crippen molar-refractivity contribution in [1.29, 1.82) is 0 Å². The fourth-order valence-electron chi connectivity index (χ4n) is 2.83. The lowest BCUT2D eigenvalue weighted by Crippen LogP contribution is -2.40. The van der Waals surface area contributed by atoms with Crippen LogP contribution in [0.4, 0.5) is 0 Å². The number of carbonyl (C=O) groups excluding carboxylic acids is 1. The van der Waals surface area contributed by atoms with Gasteiger partial charge in [-0.15, -0.1) is 11.8 Å². The molecule has 0 aliphatic carbocycles. The summed E-state index contributed by atoms with van der Waals surface area (Å²) >= 11 is 1.85. The average Bonchev–Trinajstić information content (AvgIpc) is 2.50. The monoisotopic (exact) mass is 321 g/mol. The Bertz CT molecular complexity index is 464. The molecular weight excluding hydrogens is 294 g/mol. The van der Waals surface area contributed by atoms with E-state index < -0.39 is 0 Å². The zero-order valence-electron chi connectivity index (χ0n) is 13.9. The lowest BCUT2D eigenvalue weighted by atomic mass is 9.97. The molecule has 0 radical (unpaired) electrons. The topological polar surface area (TPSA) is 29.5 Å². The summed E-state index contributed by atoms with van der Waals surface area (Å²) in [5.41, 5.74) is 1.11. The molecule has 1 aromatic carbocycles. The molecule has 0 bridgehead atoms. The molecule has 1 aliphatic rings. The van der Waals surface area contributed by atoms with Gasteiger partial charge >= 0.3 is 0 Å². The Balaban J connectivity index is 1.82. The number of amides is 1. The molecule has 0 N–H and O–H groups in total. The fraction of sp³-hybridized carbons (Fsp3) is 0.611. The van der Waals surface area contributed by atoms with E-state index in [1.807, 2.05) is 16.7 Å². The molecule has 3 nitrogen and oxygen atoms in total. The number of thioether (sulfide) groups is 1. The van der Waals surface area contributed by atoms with Crippen molar-refractivity contribution < 1.29 is 9.53 Å². The number of nitrogens with zero attached hydrogens (tertiary/aromatic N) is 1. The van der Waals surface area contributed by atoms with Gasteiger partial charge in [0.15, 0.2) is 0 Å². The second-order valence-corrected chi connectivity index (χ2v) is 7.92. The summed E-state index contributed by atoms with van der Waals surface area (Å²) in [6.45, 7) is 6.93. The first kappa shape index (κ1) is 17.4. The van der Waals surface area contributed by atoms with Crippen LogP contribution >= 0.6 is 11.8 Å². The molecule has 2 rings (SSSR count). The van der Waals surface area contributed by atoms with Crippen molar-refractivity contribution in [3.63, 3.8) is 0 Å². The van der Waals surface area contributed by atoms with Crippen molar-refractivity contribution in [2.24, 2.45) is 5.92 Å². The number of methoxy groups -OCH3 is 1. The Labute approximate surface area is 138 Å². The minimum absolute atomic E-state index is 0.250. The van der Waals surface area contributed by atoms with Crippen molar-refractivity contribution in [2.45, 2.75) is 43.3 Å². The predicted molar refractivity (Wildman–Crippen MR) is 92.3 cm³/mol. The zero-order chi connectivity index (χ0) is 15.9. The summed E-state index contributed by atoms with van der Waals surface area (Å²) in [5.74, 6) is 0.863. The van der Waals surface area contributed by atoms with Gasteiger partial charge < -0.3 is 9.64 Å². The Morgan fingerprint density at radius 3 is 2.45 bits per heavy atom. The number of benzene rings is 1. The Kier molecular flexibility index (Phi) is 6.77. The maximum atomic E-state index is 12.4. The first-order valence-electron chi connectivity index (χ1n) is 8.10. The zero-order valence-corrected chi connectivity index (χ0v) is 14.7. The largest absolute Gasteiger partial charge is 0.384 e. The number of likely N-dealkylation sites (tertiary alicyclic amines) is 1. The summed E-state index contributed by atoms with van der Waals surface area (Å²) in [4.78, 5) is 15.7. The van der Waals surface area contributed by atoms with Crippen LogP contribution < -0.4 is 0 Å². The van der Waals surface area contributed by atoms with Crippen LogP contribution in [0.3, 0.4) is 0 Å². The van der Waals surface area contributed by atoms with Gasteiger partial charge in [-0.2, -0.15) is 0 Å². The normalized spacial score (nSPS) is 16.3. The quantitative estimate of drug-likeness (QED) is 0.750. The molecule has 0 unspecified atom stereocenters. The third-order valence-electron chi connectivity index (χ3n) is 4.02. The van der Waals surface area contributed by atoms with Gasteiger partial charge in [-0.3, -0.25) is 4.79 Å². The van der Waals surface area contributed by atoms with E-state index in [4.69, 9.17) is 4.74 Å².